The van der Waals surface area contributed by atoms with Crippen LogP contribution in [-0.2, 0) is 9.59 Å². The standard InChI is InChI=1S/C27H30FN5O4S/c1-16-4-3-13-32(14-16)22(34)15-37-21-11-5-18(6-12-21)23(35)24-25(29)31-27(38-24)33(17(2)26(30)36)20-9-7-19(28)8-10-20/h5-12,16-17H,3-4,13-15,29H2,1-2H3,(H2,30,36). The summed E-state index contributed by atoms with van der Waals surface area (Å²) in [5, 5.41) is 0.272. The number of ether oxygens (including phenoxy) is 1. The van der Waals surface area contributed by atoms with Crippen molar-refractivity contribution >= 4 is 45.6 Å². The zero-order chi connectivity index (χ0) is 27.4. The number of piperidine rings is 1. The molecule has 0 bridgehead atoms. The number of ketones is 1. The molecule has 1 aliphatic heterocycles. The summed E-state index contributed by atoms with van der Waals surface area (Å²) in [5.41, 5.74) is 12.5. The summed E-state index contributed by atoms with van der Waals surface area (Å²) in [7, 11) is 0. The van der Waals surface area contributed by atoms with Crippen molar-refractivity contribution in [1.82, 2.24) is 9.88 Å². The van der Waals surface area contributed by atoms with Crippen molar-refractivity contribution < 1.29 is 23.5 Å². The van der Waals surface area contributed by atoms with Crippen LogP contribution in [0.1, 0.15) is 41.9 Å². The van der Waals surface area contributed by atoms with E-state index in [1.807, 2.05) is 4.90 Å². The van der Waals surface area contributed by atoms with Crippen LogP contribution in [0.25, 0.3) is 0 Å². The molecule has 2 amide bonds. The number of benzene rings is 2. The number of primary amides is 1. The first-order valence-corrected chi connectivity index (χ1v) is 13.1. The Kier molecular flexibility index (Phi) is 8.26. The average Bonchev–Trinajstić information content (AvgIpc) is 3.29. The first-order chi connectivity index (χ1) is 18.1. The highest BCUT2D eigenvalue weighted by atomic mass is 32.1. The molecule has 3 aromatic rings. The zero-order valence-corrected chi connectivity index (χ0v) is 22.0. The van der Waals surface area contributed by atoms with Gasteiger partial charge in [-0.15, -0.1) is 0 Å². The van der Waals surface area contributed by atoms with Gasteiger partial charge in [-0.2, -0.15) is 0 Å². The molecule has 0 aliphatic carbocycles. The third-order valence-electron chi connectivity index (χ3n) is 6.45. The summed E-state index contributed by atoms with van der Waals surface area (Å²) in [4.78, 5) is 45.5. The first-order valence-electron chi connectivity index (χ1n) is 12.3. The molecule has 2 aromatic carbocycles. The molecule has 9 nitrogen and oxygen atoms in total. The van der Waals surface area contributed by atoms with Crippen LogP contribution in [0.4, 0.5) is 21.0 Å². The largest absolute Gasteiger partial charge is 0.484 e. The van der Waals surface area contributed by atoms with E-state index in [9.17, 15) is 18.8 Å². The van der Waals surface area contributed by atoms with E-state index in [1.54, 1.807) is 31.2 Å². The highest BCUT2D eigenvalue weighted by molar-refractivity contribution is 7.18. The summed E-state index contributed by atoms with van der Waals surface area (Å²) in [5.74, 6) is -0.525. The van der Waals surface area contributed by atoms with Crippen molar-refractivity contribution in [2.24, 2.45) is 11.7 Å². The van der Waals surface area contributed by atoms with Crippen LogP contribution in [0.2, 0.25) is 0 Å². The molecule has 4 rings (SSSR count). The van der Waals surface area contributed by atoms with Crippen LogP contribution in [0, 0.1) is 11.7 Å². The Balaban J connectivity index is 1.48. The minimum Gasteiger partial charge on any atom is -0.484 e. The van der Waals surface area contributed by atoms with Crippen LogP contribution in [0.5, 0.6) is 5.75 Å². The highest BCUT2D eigenvalue weighted by Gasteiger charge is 2.27. The maximum atomic E-state index is 13.5. The molecule has 2 heterocycles. The van der Waals surface area contributed by atoms with E-state index < -0.39 is 17.8 Å². The Morgan fingerprint density at radius 1 is 1.18 bits per heavy atom. The van der Waals surface area contributed by atoms with Crippen molar-refractivity contribution in [3.8, 4) is 5.75 Å². The summed E-state index contributed by atoms with van der Waals surface area (Å²) in [6.07, 6.45) is 2.12. The molecule has 38 heavy (non-hydrogen) atoms. The van der Waals surface area contributed by atoms with E-state index in [2.05, 4.69) is 11.9 Å². The Morgan fingerprint density at radius 3 is 2.50 bits per heavy atom. The van der Waals surface area contributed by atoms with Gasteiger partial charge in [0.05, 0.1) is 0 Å². The molecule has 0 spiro atoms. The lowest BCUT2D eigenvalue weighted by Gasteiger charge is -2.30. The number of halogens is 1. The lowest BCUT2D eigenvalue weighted by Crippen LogP contribution is -2.41. The maximum Gasteiger partial charge on any atom is 0.260 e. The van der Waals surface area contributed by atoms with Crippen LogP contribution < -0.4 is 21.1 Å². The highest BCUT2D eigenvalue weighted by Crippen LogP contribution is 2.36. The van der Waals surface area contributed by atoms with Crippen molar-refractivity contribution in [3.63, 3.8) is 0 Å². The molecule has 1 aromatic heterocycles. The fraction of sp³-hybridized carbons (Fsp3) is 0.333. The summed E-state index contributed by atoms with van der Waals surface area (Å²) in [6.45, 7) is 5.13. The van der Waals surface area contributed by atoms with E-state index in [-0.39, 0.29) is 34.1 Å². The third-order valence-corrected chi connectivity index (χ3v) is 7.52. The minimum atomic E-state index is -0.832. The summed E-state index contributed by atoms with van der Waals surface area (Å²) < 4.78 is 19.1. The Morgan fingerprint density at radius 2 is 1.87 bits per heavy atom. The van der Waals surface area contributed by atoms with Crippen molar-refractivity contribution in [2.75, 3.05) is 30.3 Å². The maximum absolute atomic E-state index is 13.5. The van der Waals surface area contributed by atoms with Gasteiger partial charge in [-0.25, -0.2) is 9.37 Å². The van der Waals surface area contributed by atoms with Gasteiger partial charge < -0.3 is 26.0 Å². The number of anilines is 3. The fourth-order valence-electron chi connectivity index (χ4n) is 4.30. The second-order valence-corrected chi connectivity index (χ2v) is 10.3. The van der Waals surface area contributed by atoms with Gasteiger partial charge in [-0.05, 0) is 74.2 Å². The quantitative estimate of drug-likeness (QED) is 0.396. The van der Waals surface area contributed by atoms with E-state index in [4.69, 9.17) is 16.2 Å². The van der Waals surface area contributed by atoms with Crippen LogP contribution in [0.15, 0.2) is 48.5 Å². The predicted molar refractivity (Wildman–Crippen MR) is 144 cm³/mol. The number of aromatic nitrogens is 1. The number of thiazole rings is 1. The van der Waals surface area contributed by atoms with Gasteiger partial charge in [-0.3, -0.25) is 14.4 Å². The SMILES string of the molecule is CC1CCCN(C(=O)COc2ccc(C(=O)c3sc(N(c4ccc(F)cc4)C(C)C(N)=O)nc3N)cc2)C1. The number of carbonyl (C=O) groups excluding carboxylic acids is 3. The second-order valence-electron chi connectivity index (χ2n) is 9.36. The van der Waals surface area contributed by atoms with Gasteiger partial charge in [-0.1, -0.05) is 18.3 Å². The predicted octanol–water partition coefficient (Wildman–Crippen LogP) is 3.74. The molecule has 1 fully saturated rings. The van der Waals surface area contributed by atoms with Gasteiger partial charge in [0.15, 0.2) is 11.7 Å². The minimum absolute atomic E-state index is 0.000431. The van der Waals surface area contributed by atoms with E-state index >= 15 is 0 Å². The molecule has 2 unspecified atom stereocenters. The number of hydrogen-bond acceptors (Lipinski definition) is 8. The number of nitrogen functional groups attached to an aromatic ring is 1. The Bertz CT molecular complexity index is 1310. The number of nitrogens with two attached hydrogens (primary N) is 2. The molecule has 11 heteroatoms. The monoisotopic (exact) mass is 539 g/mol. The van der Waals surface area contributed by atoms with Crippen LogP contribution >= 0.6 is 11.3 Å². The molecule has 200 valence electrons. The van der Waals surface area contributed by atoms with Crippen molar-refractivity contribution in [2.45, 2.75) is 32.7 Å². The normalized spacial score (nSPS) is 16.1. The number of nitrogens with zero attached hydrogens (tertiary/aromatic N) is 3. The molecule has 1 saturated heterocycles. The molecule has 0 radical (unpaired) electrons. The van der Waals surface area contributed by atoms with E-state index in [0.29, 0.717) is 22.9 Å². The summed E-state index contributed by atoms with van der Waals surface area (Å²) >= 11 is 1.01. The molecular formula is C27H30FN5O4S. The van der Waals surface area contributed by atoms with Gasteiger partial charge in [0.2, 0.25) is 11.7 Å². The fourth-order valence-corrected chi connectivity index (χ4v) is 5.35. The van der Waals surface area contributed by atoms with E-state index in [1.165, 1.54) is 29.2 Å². The number of carbonyl (C=O) groups is 3. The number of hydrogen-bond donors (Lipinski definition) is 2. The van der Waals surface area contributed by atoms with Gasteiger partial charge in [0.25, 0.3) is 5.91 Å². The van der Waals surface area contributed by atoms with Gasteiger partial charge in [0, 0.05) is 24.3 Å². The number of amides is 2. The lowest BCUT2D eigenvalue weighted by atomic mass is 10.0. The zero-order valence-electron chi connectivity index (χ0n) is 21.2. The van der Waals surface area contributed by atoms with Crippen molar-refractivity contribution in [1.29, 1.82) is 0 Å². The number of rotatable bonds is 9. The molecule has 1 aliphatic rings. The van der Waals surface area contributed by atoms with Gasteiger partial charge >= 0.3 is 0 Å². The Labute approximate surface area is 224 Å². The van der Waals surface area contributed by atoms with Crippen molar-refractivity contribution in [3.05, 3.63) is 64.8 Å². The second kappa shape index (κ2) is 11.6. The Hall–Kier alpha value is -3.99. The van der Waals surface area contributed by atoms with E-state index in [0.717, 1.165) is 37.3 Å². The number of likely N-dealkylation sites (tertiary alicyclic amines) is 1. The molecular weight excluding hydrogens is 509 g/mol. The molecule has 2 atom stereocenters. The first kappa shape index (κ1) is 27.1. The average molecular weight is 540 g/mol. The topological polar surface area (TPSA) is 132 Å². The molecule has 0 saturated carbocycles. The molecule has 4 N–H and O–H groups in total. The van der Waals surface area contributed by atoms with Crippen LogP contribution in [-0.4, -0.2) is 53.2 Å². The lowest BCUT2D eigenvalue weighted by molar-refractivity contribution is -0.135. The van der Waals surface area contributed by atoms with Gasteiger partial charge in [0.1, 0.15) is 28.3 Å². The smallest absolute Gasteiger partial charge is 0.260 e. The van der Waals surface area contributed by atoms with Crippen LogP contribution in [0.3, 0.4) is 0 Å². The summed E-state index contributed by atoms with van der Waals surface area (Å²) in [6, 6.07) is 11.1. The third kappa shape index (κ3) is 6.10.